The standard InChI is InChI=1S/C21H28N2O5.C19H26N2O2.C15H15NO2.C15H19N.C11H15NO2.C10H15NO4.C8H13N.C5H7NO2.2ClH.7H2S/c1-6-11-17(22-20(26)28-21(3,4)5)19(25)23(15-18(24)27-7-2)14-16-12-9-8-10-13-16;1-5-9-17-15-20(14-16-10-7-6-8-11-16)12-13-21(17)18(22)23-19(2,3)4;1-2-6-13-9-14(17)11-16(15(13)18)10-12-7-4-3-5-8-12;1-2-7-14-10-6-11-16(12-14)13-15-8-4-3-5-9-15;1-2-14-11(13)9-12-8-10-6-4-3-5-7-10;1-5-6-7(8(12)13)11-9(14)15-10(2,3)4;1-2-4-8-5-3-6-9-7-8;1-2-3-4(6)5(7)8;;;;;;;;;/h1,8-10,12-13,17H,7,11,14-15H2,2-5H3,(H,22,26);1,6-8,10-11,17H,9,12-15H2,2-4H3;1,3-5,7-8,13H,6,9-11H2;1,3-5,8-9,14H,6-7,10-13H2;3-7,12H,2,8-9H2,1H3;1,7H,6H2,2-4H3,(H,11,14)(H,12,13);1,8-9H,3-7H2;1,4H,3,6H2,(H,7,8);2*1H;7*1H2/t2*17-;13-;14-;;7-;8-;4-;;;;;;;;;/m0011.010........./s1. The van der Waals surface area contributed by atoms with Crippen LogP contribution in [0.3, 0.4) is 0 Å². The Hall–Kier alpha value is -9.85. The Bertz CT molecular complexity index is 4590. The lowest BCUT2D eigenvalue weighted by molar-refractivity contribution is -0.150. The zero-order valence-corrected chi connectivity index (χ0v) is 91.3. The van der Waals surface area contributed by atoms with Gasteiger partial charge in [-0.15, -0.1) is 111 Å². The number of halogens is 2. The highest BCUT2D eigenvalue weighted by Crippen LogP contribution is 2.25. The number of nitrogens with two attached hydrogens (primary N) is 1. The largest absolute Gasteiger partial charge is 0.480 e. The maximum atomic E-state index is 13.0. The van der Waals surface area contributed by atoms with Gasteiger partial charge >= 0.3 is 42.2 Å². The van der Waals surface area contributed by atoms with Gasteiger partial charge in [0, 0.05) is 110 Å². The average Bonchev–Trinajstić information content (AvgIpc) is 0.852. The lowest BCUT2D eigenvalue weighted by Crippen LogP contribution is -2.55. The summed E-state index contributed by atoms with van der Waals surface area (Å²) in [7, 11) is 0. The number of carbonyl (C=O) groups is 10. The number of ketones is 1. The highest BCUT2D eigenvalue weighted by Gasteiger charge is 2.36. The van der Waals surface area contributed by atoms with Crippen molar-refractivity contribution in [2.75, 3.05) is 78.7 Å². The number of likely N-dealkylation sites (tertiary alicyclic amines) is 2. The predicted molar refractivity (Wildman–Crippen MR) is 598 cm³/mol. The number of Topliss-reactive ketones (excluding diaryl/α,β-unsaturated/α-hetero) is 1. The highest BCUT2D eigenvalue weighted by molar-refractivity contribution is 7.60. The maximum absolute atomic E-state index is 13.0. The number of terminal acetylenes is 7. The minimum atomic E-state index is -1.18. The van der Waals surface area contributed by atoms with Gasteiger partial charge in [-0.1, -0.05) is 152 Å². The van der Waals surface area contributed by atoms with Gasteiger partial charge in [0.1, 0.15) is 41.5 Å². The van der Waals surface area contributed by atoms with Gasteiger partial charge in [0.15, 0.2) is 5.78 Å². The van der Waals surface area contributed by atoms with Crippen LogP contribution in [-0.2, 0) is 90.0 Å². The van der Waals surface area contributed by atoms with Crippen molar-refractivity contribution in [3.63, 3.8) is 0 Å². The number of nitrogens with one attached hydrogen (secondary N) is 4. The highest BCUT2D eigenvalue weighted by atomic mass is 35.5. The normalized spacial score (nSPS) is 15.2. The van der Waals surface area contributed by atoms with Crippen molar-refractivity contribution in [1.29, 1.82) is 0 Å². The van der Waals surface area contributed by atoms with E-state index < -0.39 is 70.9 Å². The number of amides is 5. The molecule has 0 radical (unpaired) electrons. The van der Waals surface area contributed by atoms with Gasteiger partial charge in [-0.05, 0) is 161 Å². The third-order valence-corrected chi connectivity index (χ3v) is 19.1. The maximum Gasteiger partial charge on any atom is 0.410 e. The van der Waals surface area contributed by atoms with Crippen LogP contribution >= 0.6 is 119 Å². The molecule has 5 aromatic carbocycles. The van der Waals surface area contributed by atoms with Gasteiger partial charge in [0.05, 0.1) is 38.3 Å². The number of piperazine rings is 1. The third-order valence-electron chi connectivity index (χ3n) is 19.1. The number of hydrogen-bond acceptors (Lipinski definition) is 20. The fraction of sp³-hybridized carbons (Fsp3) is 0.481. The fourth-order valence-corrected chi connectivity index (χ4v) is 13.2. The van der Waals surface area contributed by atoms with E-state index in [2.05, 4.69) is 115 Å². The SMILES string of the molecule is C#CC[C@@H]1CC(=O)CN(Cc2ccccc2)C1=O.C#CC[C@@H]1CCCN(Cc2ccccc2)C1.C#CC[C@@H]1CCCNC1.C#CC[C@H](N)C(=O)O.C#CC[C@H](NC(=O)OC(C)(C)C)C(=O)N(CC(=O)OCC)Cc1ccccc1.C#CC[C@H](NC(=O)OC(C)(C)C)C(=O)O.C#CC[C@H]1CN(Cc2ccccc2)CCN1C(=O)OC(C)(C)C.CCOC(=O)CNCc1ccccc1.Cl.Cl.S.S.S.S.S.S.S. The van der Waals surface area contributed by atoms with Crippen molar-refractivity contribution in [3.05, 3.63) is 179 Å². The molecular weight excluding hydrogens is 1960 g/mol. The number of alkyl carbamates (subject to hydrolysis) is 2. The first kappa shape index (κ1) is 145. The topological polar surface area (TPSA) is 348 Å². The van der Waals surface area contributed by atoms with Crippen molar-refractivity contribution in [2.24, 2.45) is 23.5 Å². The van der Waals surface area contributed by atoms with Crippen molar-refractivity contribution in [3.8, 4) is 86.4 Å². The van der Waals surface area contributed by atoms with E-state index in [1.165, 1.54) is 61.3 Å². The molecule has 0 aliphatic carbocycles. The van der Waals surface area contributed by atoms with E-state index >= 15 is 0 Å². The molecule has 9 rings (SSSR count). The molecule has 0 unspecified atom stereocenters. The summed E-state index contributed by atoms with van der Waals surface area (Å²) in [5.74, 6) is 15.1. The van der Waals surface area contributed by atoms with Crippen molar-refractivity contribution < 1.29 is 81.8 Å². The van der Waals surface area contributed by atoms with Gasteiger partial charge in [-0.25, -0.2) is 19.2 Å². The molecule has 4 aliphatic heterocycles. The molecule has 0 bridgehead atoms. The first-order chi connectivity index (χ1) is 62.3. The summed E-state index contributed by atoms with van der Waals surface area (Å²) in [5, 5.41) is 27.8. The summed E-state index contributed by atoms with van der Waals surface area (Å²) in [5.41, 5.74) is 8.82. The zero-order chi connectivity index (χ0) is 97.6. The molecule has 4 heterocycles. The molecule has 27 nitrogen and oxygen atoms in total. The second-order valence-corrected chi connectivity index (χ2v) is 34.0. The summed E-state index contributed by atoms with van der Waals surface area (Å²) < 4.78 is 25.3. The van der Waals surface area contributed by atoms with Crippen molar-refractivity contribution >= 4 is 179 Å². The number of carboxylic acid groups (broad SMARTS) is 2. The second-order valence-electron chi connectivity index (χ2n) is 34.0. The van der Waals surface area contributed by atoms with E-state index in [4.69, 9.17) is 84.6 Å². The molecule has 8 N–H and O–H groups in total. The number of ether oxygens (including phenoxy) is 5. The summed E-state index contributed by atoms with van der Waals surface area (Å²) in [6.07, 6.45) is 42.9. The van der Waals surface area contributed by atoms with Crippen LogP contribution in [0.4, 0.5) is 14.4 Å². The summed E-state index contributed by atoms with van der Waals surface area (Å²) >= 11 is 0. The third kappa shape index (κ3) is 69.1. The number of piperidine rings is 3. The second kappa shape index (κ2) is 83.7. The van der Waals surface area contributed by atoms with Crippen LogP contribution in [0.15, 0.2) is 152 Å². The zero-order valence-electron chi connectivity index (χ0n) is 82.7. The van der Waals surface area contributed by atoms with Crippen LogP contribution in [0.25, 0.3) is 0 Å². The summed E-state index contributed by atoms with van der Waals surface area (Å²) in [6, 6.07) is 46.8. The van der Waals surface area contributed by atoms with Crippen LogP contribution in [0, 0.1) is 104 Å². The first-order valence-electron chi connectivity index (χ1n) is 44.0. The van der Waals surface area contributed by atoms with E-state index in [9.17, 15) is 47.9 Å². The van der Waals surface area contributed by atoms with Gasteiger partial charge in [0.25, 0.3) is 0 Å². The number of hydrogen-bond donors (Lipinski definition) is 7. The Morgan fingerprint density at radius 1 is 0.500 bits per heavy atom. The number of aliphatic carboxylic acids is 2. The lowest BCUT2D eigenvalue weighted by Gasteiger charge is -2.41. The van der Waals surface area contributed by atoms with Gasteiger partial charge < -0.3 is 75.6 Å². The minimum absolute atomic E-state index is 0. The van der Waals surface area contributed by atoms with E-state index in [0.717, 1.165) is 68.2 Å². The average molecular weight is 2110 g/mol. The molecule has 0 aromatic heterocycles. The Morgan fingerprint density at radius 3 is 1.34 bits per heavy atom. The number of carbonyl (C=O) groups excluding carboxylic acids is 8. The molecule has 4 saturated heterocycles. The monoisotopic (exact) mass is 2110 g/mol. The summed E-state index contributed by atoms with van der Waals surface area (Å²) in [4.78, 5) is 125. The van der Waals surface area contributed by atoms with Crippen LogP contribution in [0.2, 0.25) is 0 Å². The smallest absolute Gasteiger partial charge is 0.410 e. The molecule has 0 spiro atoms. The Balaban J connectivity index is -0.000000240. The Morgan fingerprint density at radius 2 is 0.921 bits per heavy atom. The summed E-state index contributed by atoms with van der Waals surface area (Å²) in [6.45, 7) is 30.4. The lowest BCUT2D eigenvalue weighted by atomic mass is 9.93. The molecule has 5 aromatic rings. The first-order valence-corrected chi connectivity index (χ1v) is 44.0. The molecule has 4 aliphatic rings. The molecule has 0 saturated carbocycles. The van der Waals surface area contributed by atoms with Gasteiger partial charge in [-0.2, -0.15) is 94.5 Å². The number of nitrogens with zero attached hydrogens (tertiary/aromatic N) is 5. The Kier molecular flexibility index (Phi) is 87.0. The van der Waals surface area contributed by atoms with E-state index in [1.54, 1.807) is 65.2 Å². The molecule has 36 heteroatoms. The van der Waals surface area contributed by atoms with E-state index in [1.807, 2.05) is 130 Å². The Labute approximate surface area is 894 Å². The number of esters is 2. The molecule has 140 heavy (non-hydrogen) atoms. The number of carboxylic acids is 2. The van der Waals surface area contributed by atoms with Crippen LogP contribution in [-0.4, -0.2) is 214 Å². The number of benzene rings is 5. The van der Waals surface area contributed by atoms with Crippen LogP contribution < -0.4 is 27.0 Å². The molecule has 778 valence electrons. The fourth-order valence-electron chi connectivity index (χ4n) is 13.2. The van der Waals surface area contributed by atoms with Crippen molar-refractivity contribution in [2.45, 2.75) is 227 Å². The van der Waals surface area contributed by atoms with Crippen LogP contribution in [0.5, 0.6) is 0 Å². The van der Waals surface area contributed by atoms with Crippen molar-refractivity contribution in [1.82, 2.24) is 45.8 Å². The molecular formula is C104H154Cl2N10O17S7. The molecule has 7 atom stereocenters. The predicted octanol–water partition coefficient (Wildman–Crippen LogP) is 14.6. The van der Waals surface area contributed by atoms with E-state index in [-0.39, 0.29) is 213 Å². The number of rotatable bonds is 28. The quantitative estimate of drug-likeness (QED) is 0.0139. The van der Waals surface area contributed by atoms with Crippen LogP contribution in [0.1, 0.15) is 181 Å². The molecule has 4 fully saturated rings. The minimum Gasteiger partial charge on any atom is -0.480 e. The molecule has 5 amide bonds. The van der Waals surface area contributed by atoms with Gasteiger partial charge in [0.2, 0.25) is 11.8 Å². The van der Waals surface area contributed by atoms with E-state index in [0.29, 0.717) is 45.0 Å². The van der Waals surface area contributed by atoms with Gasteiger partial charge in [-0.3, -0.25) is 38.6 Å².